The Bertz CT molecular complexity index is 446. The number of hydrogen-bond donors (Lipinski definition) is 0. The van der Waals surface area contributed by atoms with Gasteiger partial charge in [0.15, 0.2) is 0 Å². The minimum atomic E-state index is -0.200. The van der Waals surface area contributed by atoms with Crippen molar-refractivity contribution in [3.63, 3.8) is 0 Å². The monoisotopic (exact) mass is 226 g/mol. The van der Waals surface area contributed by atoms with Crippen molar-refractivity contribution in [3.05, 3.63) is 48.0 Å². The Morgan fingerprint density at radius 1 is 1.12 bits per heavy atom. The molecule has 2 aliphatic carbocycles. The van der Waals surface area contributed by atoms with Crippen molar-refractivity contribution in [3.8, 4) is 0 Å². The lowest BCUT2D eigenvalue weighted by Crippen LogP contribution is -2.46. The highest BCUT2D eigenvalue weighted by atomic mass is 16.1. The lowest BCUT2D eigenvalue weighted by atomic mass is 9.57. The van der Waals surface area contributed by atoms with E-state index in [0.717, 1.165) is 25.7 Å². The molecule has 2 atom stereocenters. The molecule has 0 bridgehead atoms. The predicted molar refractivity (Wildman–Crippen MR) is 68.8 cm³/mol. The first-order valence-electron chi connectivity index (χ1n) is 6.58. The van der Waals surface area contributed by atoms with E-state index < -0.39 is 0 Å². The van der Waals surface area contributed by atoms with Crippen molar-refractivity contribution >= 4 is 5.78 Å². The zero-order valence-electron chi connectivity index (χ0n) is 10.1. The molecule has 0 spiro atoms. The van der Waals surface area contributed by atoms with E-state index in [1.807, 2.05) is 6.07 Å². The van der Waals surface area contributed by atoms with Crippen LogP contribution in [-0.4, -0.2) is 5.78 Å². The molecule has 1 nitrogen and oxygen atoms in total. The molecule has 88 valence electrons. The highest BCUT2D eigenvalue weighted by molar-refractivity contribution is 5.91. The van der Waals surface area contributed by atoms with Crippen LogP contribution in [0.5, 0.6) is 0 Å². The predicted octanol–water partition coefficient (Wildman–Crippen LogP) is 3.64. The third-order valence-electron chi connectivity index (χ3n) is 4.47. The molecule has 1 saturated carbocycles. The summed E-state index contributed by atoms with van der Waals surface area (Å²) >= 11 is 0. The van der Waals surface area contributed by atoms with E-state index >= 15 is 0 Å². The number of Topliss-reactive ketones (excluding diaryl/α,β-unsaturated/α-hetero) is 1. The van der Waals surface area contributed by atoms with Crippen LogP contribution in [0.25, 0.3) is 0 Å². The Balaban J connectivity index is 2.11. The lowest BCUT2D eigenvalue weighted by Gasteiger charge is -2.44. The summed E-state index contributed by atoms with van der Waals surface area (Å²) < 4.78 is 0. The number of benzene rings is 1. The molecular weight excluding hydrogens is 208 g/mol. The van der Waals surface area contributed by atoms with Crippen molar-refractivity contribution < 1.29 is 4.79 Å². The summed E-state index contributed by atoms with van der Waals surface area (Å²) in [5.74, 6) is 0.987. The number of allylic oxidation sites excluding steroid dienone is 2. The minimum Gasteiger partial charge on any atom is -0.299 e. The summed E-state index contributed by atoms with van der Waals surface area (Å²) in [4.78, 5) is 12.5. The molecule has 17 heavy (non-hydrogen) atoms. The van der Waals surface area contributed by atoms with Crippen molar-refractivity contribution in [2.24, 2.45) is 5.92 Å². The van der Waals surface area contributed by atoms with E-state index in [4.69, 9.17) is 0 Å². The molecule has 0 aliphatic heterocycles. The van der Waals surface area contributed by atoms with E-state index in [-0.39, 0.29) is 5.41 Å². The number of carbonyl (C=O) groups excluding carboxylic acids is 1. The van der Waals surface area contributed by atoms with E-state index in [0.29, 0.717) is 11.7 Å². The lowest BCUT2D eigenvalue weighted by molar-refractivity contribution is -0.129. The topological polar surface area (TPSA) is 17.1 Å². The summed E-state index contributed by atoms with van der Waals surface area (Å²) in [5, 5.41) is 0. The molecule has 1 aromatic rings. The summed E-state index contributed by atoms with van der Waals surface area (Å²) in [6.45, 7) is 0. The molecule has 1 aromatic carbocycles. The second kappa shape index (κ2) is 4.14. The second-order valence-corrected chi connectivity index (χ2v) is 5.26. The molecule has 0 heterocycles. The van der Waals surface area contributed by atoms with Crippen LogP contribution in [0.1, 0.15) is 37.7 Å². The quantitative estimate of drug-likeness (QED) is 0.668. The molecule has 0 saturated heterocycles. The molecule has 0 amide bonds. The third kappa shape index (κ3) is 1.56. The van der Waals surface area contributed by atoms with Crippen molar-refractivity contribution in [1.82, 2.24) is 0 Å². The Morgan fingerprint density at radius 3 is 2.76 bits per heavy atom. The maximum atomic E-state index is 12.5. The number of rotatable bonds is 1. The van der Waals surface area contributed by atoms with Crippen LogP contribution in [0.15, 0.2) is 42.5 Å². The number of ketones is 1. The van der Waals surface area contributed by atoms with E-state index in [9.17, 15) is 4.79 Å². The first kappa shape index (κ1) is 10.8. The van der Waals surface area contributed by atoms with E-state index in [1.54, 1.807) is 0 Å². The number of hydrogen-bond acceptors (Lipinski definition) is 1. The van der Waals surface area contributed by atoms with Gasteiger partial charge in [0.05, 0.1) is 5.41 Å². The van der Waals surface area contributed by atoms with Gasteiger partial charge in [-0.3, -0.25) is 4.79 Å². The van der Waals surface area contributed by atoms with Gasteiger partial charge in [-0.1, -0.05) is 42.5 Å². The zero-order chi connectivity index (χ0) is 11.7. The van der Waals surface area contributed by atoms with Gasteiger partial charge in [-0.15, -0.1) is 0 Å². The Hall–Kier alpha value is -1.37. The fraction of sp³-hybridized carbons (Fsp3) is 0.438. The van der Waals surface area contributed by atoms with E-state index in [1.165, 1.54) is 12.0 Å². The van der Waals surface area contributed by atoms with Crippen LogP contribution < -0.4 is 0 Å². The summed E-state index contributed by atoms with van der Waals surface area (Å²) in [6.07, 6.45) is 9.47. The van der Waals surface area contributed by atoms with Crippen LogP contribution in [-0.2, 0) is 10.2 Å². The van der Waals surface area contributed by atoms with Gasteiger partial charge in [-0.2, -0.15) is 0 Å². The largest absolute Gasteiger partial charge is 0.299 e. The van der Waals surface area contributed by atoms with Gasteiger partial charge in [0.2, 0.25) is 0 Å². The van der Waals surface area contributed by atoms with Gasteiger partial charge >= 0.3 is 0 Å². The molecular formula is C16H18O. The van der Waals surface area contributed by atoms with Crippen molar-refractivity contribution in [1.29, 1.82) is 0 Å². The average molecular weight is 226 g/mol. The van der Waals surface area contributed by atoms with Crippen LogP contribution in [0.3, 0.4) is 0 Å². The molecule has 1 fully saturated rings. The van der Waals surface area contributed by atoms with Crippen molar-refractivity contribution in [2.75, 3.05) is 0 Å². The second-order valence-electron chi connectivity index (χ2n) is 5.26. The Kier molecular flexibility index (Phi) is 2.62. The van der Waals surface area contributed by atoms with Gasteiger partial charge in [0, 0.05) is 6.42 Å². The summed E-state index contributed by atoms with van der Waals surface area (Å²) in [7, 11) is 0. The molecule has 0 radical (unpaired) electrons. The van der Waals surface area contributed by atoms with Gasteiger partial charge < -0.3 is 0 Å². The van der Waals surface area contributed by atoms with Crippen LogP contribution in [0, 0.1) is 5.92 Å². The first-order chi connectivity index (χ1) is 8.34. The fourth-order valence-corrected chi connectivity index (χ4v) is 3.59. The van der Waals surface area contributed by atoms with Crippen LogP contribution in [0.2, 0.25) is 0 Å². The SMILES string of the molecule is O=C1CCC[C@H]2CC=CC[C@]12c1ccccc1. The number of carbonyl (C=O) groups is 1. The number of fused-ring (bicyclic) bond motifs is 1. The highest BCUT2D eigenvalue weighted by Gasteiger charge is 2.47. The van der Waals surface area contributed by atoms with Gasteiger partial charge in [-0.05, 0) is 37.2 Å². The van der Waals surface area contributed by atoms with Gasteiger partial charge in [0.1, 0.15) is 5.78 Å². The Labute approximate surface area is 103 Å². The third-order valence-corrected chi connectivity index (χ3v) is 4.47. The average Bonchev–Trinajstić information content (AvgIpc) is 2.40. The van der Waals surface area contributed by atoms with Crippen LogP contribution in [0.4, 0.5) is 0 Å². The Morgan fingerprint density at radius 2 is 1.94 bits per heavy atom. The summed E-state index contributed by atoms with van der Waals surface area (Å²) in [6, 6.07) is 10.4. The highest BCUT2D eigenvalue weighted by Crippen LogP contribution is 2.48. The smallest absolute Gasteiger partial charge is 0.144 e. The van der Waals surface area contributed by atoms with Crippen LogP contribution >= 0.6 is 0 Å². The molecule has 3 rings (SSSR count). The zero-order valence-corrected chi connectivity index (χ0v) is 10.1. The maximum absolute atomic E-state index is 12.5. The molecule has 1 heteroatoms. The van der Waals surface area contributed by atoms with Gasteiger partial charge in [-0.25, -0.2) is 0 Å². The normalized spacial score (nSPS) is 32.2. The van der Waals surface area contributed by atoms with Gasteiger partial charge in [0.25, 0.3) is 0 Å². The molecule has 0 N–H and O–H groups in total. The molecule has 2 aliphatic rings. The fourth-order valence-electron chi connectivity index (χ4n) is 3.59. The molecule has 0 unspecified atom stereocenters. The maximum Gasteiger partial charge on any atom is 0.144 e. The summed E-state index contributed by atoms with van der Waals surface area (Å²) in [5.41, 5.74) is 1.04. The van der Waals surface area contributed by atoms with E-state index in [2.05, 4.69) is 36.4 Å². The van der Waals surface area contributed by atoms with Crippen molar-refractivity contribution in [2.45, 2.75) is 37.5 Å². The standard InChI is InChI=1S/C16H18O/c17-15-11-6-10-14-9-4-5-12-16(14,15)13-7-2-1-3-8-13/h1-5,7-8,14H,6,9-12H2/t14-,16-/m1/s1. The first-order valence-corrected chi connectivity index (χ1v) is 6.58. The molecule has 0 aromatic heterocycles. The minimum absolute atomic E-state index is 0.200.